The summed E-state index contributed by atoms with van der Waals surface area (Å²) in [6.07, 6.45) is 1.30. The molecule has 98 valence electrons. The van der Waals surface area contributed by atoms with Gasteiger partial charge in [-0.1, -0.05) is 26.0 Å². The van der Waals surface area contributed by atoms with Crippen LogP contribution in [0.5, 0.6) is 0 Å². The zero-order valence-electron chi connectivity index (χ0n) is 11.1. The van der Waals surface area contributed by atoms with Crippen LogP contribution in [0.2, 0.25) is 0 Å². The van der Waals surface area contributed by atoms with Gasteiger partial charge in [0.25, 0.3) is 0 Å². The molecule has 1 fully saturated rings. The number of piperidine rings is 1. The number of rotatable bonds is 3. The zero-order chi connectivity index (χ0) is 13.1. The van der Waals surface area contributed by atoms with Gasteiger partial charge < -0.3 is 5.11 Å². The second-order valence-corrected chi connectivity index (χ2v) is 5.65. The standard InChI is InChI=1S/C15H21NO2/c1-11-6-12(2)9-16(8-11)10-13-4-3-5-14(7-13)15(17)18/h3-5,7,11-12H,6,8-10H2,1-2H3,(H,17,18)/t11-,12-/m0/s1. The minimum Gasteiger partial charge on any atom is -0.478 e. The molecule has 2 atom stereocenters. The first-order valence-corrected chi connectivity index (χ1v) is 6.59. The molecule has 0 amide bonds. The van der Waals surface area contributed by atoms with E-state index in [-0.39, 0.29) is 0 Å². The number of hydrogen-bond acceptors (Lipinski definition) is 2. The molecule has 2 rings (SSSR count). The van der Waals surface area contributed by atoms with Crippen LogP contribution in [0, 0.1) is 11.8 Å². The summed E-state index contributed by atoms with van der Waals surface area (Å²) in [5, 5.41) is 8.99. The van der Waals surface area contributed by atoms with E-state index in [2.05, 4.69) is 18.7 Å². The Kier molecular flexibility index (Phi) is 4.02. The number of carboxylic acids is 1. The summed E-state index contributed by atoms with van der Waals surface area (Å²) < 4.78 is 0. The quantitative estimate of drug-likeness (QED) is 0.893. The smallest absolute Gasteiger partial charge is 0.335 e. The molecule has 0 saturated carbocycles. The van der Waals surface area contributed by atoms with E-state index in [1.54, 1.807) is 12.1 Å². The van der Waals surface area contributed by atoms with Crippen molar-refractivity contribution >= 4 is 5.97 Å². The fraction of sp³-hybridized carbons (Fsp3) is 0.533. The lowest BCUT2D eigenvalue weighted by Crippen LogP contribution is -2.38. The SMILES string of the molecule is C[C@H]1C[C@H](C)CN(Cc2cccc(C(=O)O)c2)C1. The molecule has 0 bridgehead atoms. The molecule has 1 heterocycles. The van der Waals surface area contributed by atoms with E-state index in [1.165, 1.54) is 6.42 Å². The Labute approximate surface area is 108 Å². The first-order valence-electron chi connectivity index (χ1n) is 6.59. The van der Waals surface area contributed by atoms with Crippen molar-refractivity contribution in [1.29, 1.82) is 0 Å². The molecule has 0 unspecified atom stereocenters. The highest BCUT2D eigenvalue weighted by Gasteiger charge is 2.21. The minimum absolute atomic E-state index is 0.380. The fourth-order valence-corrected chi connectivity index (χ4v) is 2.98. The molecule has 1 aromatic rings. The number of aromatic carboxylic acids is 1. The maximum absolute atomic E-state index is 10.9. The average Bonchev–Trinajstić information content (AvgIpc) is 2.27. The first kappa shape index (κ1) is 13.1. The Morgan fingerprint density at radius 1 is 1.33 bits per heavy atom. The summed E-state index contributed by atoms with van der Waals surface area (Å²) in [5.74, 6) is 0.616. The van der Waals surface area contributed by atoms with Crippen LogP contribution < -0.4 is 0 Å². The summed E-state index contributed by atoms with van der Waals surface area (Å²) in [6, 6.07) is 7.27. The zero-order valence-corrected chi connectivity index (χ0v) is 11.1. The topological polar surface area (TPSA) is 40.5 Å². The normalized spacial score (nSPS) is 25.0. The van der Waals surface area contributed by atoms with Gasteiger partial charge in [-0.05, 0) is 36.0 Å². The third kappa shape index (κ3) is 3.33. The van der Waals surface area contributed by atoms with E-state index in [0.717, 1.165) is 37.0 Å². The maximum Gasteiger partial charge on any atom is 0.335 e. The molecule has 18 heavy (non-hydrogen) atoms. The van der Waals surface area contributed by atoms with Gasteiger partial charge in [-0.3, -0.25) is 4.90 Å². The van der Waals surface area contributed by atoms with Crippen LogP contribution in [0.15, 0.2) is 24.3 Å². The van der Waals surface area contributed by atoms with Gasteiger partial charge >= 0.3 is 5.97 Å². The minimum atomic E-state index is -0.850. The Morgan fingerprint density at radius 2 is 2.00 bits per heavy atom. The lowest BCUT2D eigenvalue weighted by atomic mass is 9.91. The molecule has 1 aromatic carbocycles. The summed E-state index contributed by atoms with van der Waals surface area (Å²) >= 11 is 0. The van der Waals surface area contributed by atoms with Gasteiger partial charge in [-0.15, -0.1) is 0 Å². The van der Waals surface area contributed by atoms with Crippen LogP contribution in [0.1, 0.15) is 36.2 Å². The van der Waals surface area contributed by atoms with Crippen LogP contribution in [-0.2, 0) is 6.54 Å². The van der Waals surface area contributed by atoms with Gasteiger partial charge in [-0.25, -0.2) is 4.79 Å². The van der Waals surface area contributed by atoms with Gasteiger partial charge in [0.2, 0.25) is 0 Å². The highest BCUT2D eigenvalue weighted by atomic mass is 16.4. The Bertz CT molecular complexity index is 420. The predicted octanol–water partition coefficient (Wildman–Crippen LogP) is 2.86. The second kappa shape index (κ2) is 5.53. The molecule has 3 nitrogen and oxygen atoms in total. The Hall–Kier alpha value is -1.35. The van der Waals surface area contributed by atoms with E-state index >= 15 is 0 Å². The van der Waals surface area contributed by atoms with E-state index < -0.39 is 5.97 Å². The molecule has 3 heteroatoms. The lowest BCUT2D eigenvalue weighted by Gasteiger charge is -2.35. The van der Waals surface area contributed by atoms with Crippen molar-refractivity contribution in [2.24, 2.45) is 11.8 Å². The highest BCUT2D eigenvalue weighted by molar-refractivity contribution is 5.87. The van der Waals surface area contributed by atoms with Crippen molar-refractivity contribution < 1.29 is 9.90 Å². The van der Waals surface area contributed by atoms with Crippen molar-refractivity contribution in [2.75, 3.05) is 13.1 Å². The molecule has 0 aromatic heterocycles. The average molecular weight is 247 g/mol. The van der Waals surface area contributed by atoms with Gasteiger partial charge in [0.15, 0.2) is 0 Å². The van der Waals surface area contributed by atoms with Crippen LogP contribution in [-0.4, -0.2) is 29.1 Å². The summed E-state index contributed by atoms with van der Waals surface area (Å²) in [4.78, 5) is 13.4. The molecule has 1 aliphatic rings. The molecule has 1 aliphatic heterocycles. The Morgan fingerprint density at radius 3 is 2.61 bits per heavy atom. The van der Waals surface area contributed by atoms with E-state index in [0.29, 0.717) is 5.56 Å². The number of hydrogen-bond donors (Lipinski definition) is 1. The number of carbonyl (C=O) groups is 1. The molecule has 0 radical (unpaired) electrons. The molecule has 0 spiro atoms. The molecular formula is C15H21NO2. The second-order valence-electron chi connectivity index (χ2n) is 5.65. The van der Waals surface area contributed by atoms with Crippen molar-refractivity contribution in [3.63, 3.8) is 0 Å². The monoisotopic (exact) mass is 247 g/mol. The predicted molar refractivity (Wildman–Crippen MR) is 71.6 cm³/mol. The Balaban J connectivity index is 2.04. The van der Waals surface area contributed by atoms with Gasteiger partial charge in [0.05, 0.1) is 5.56 Å². The van der Waals surface area contributed by atoms with Gasteiger partial charge in [0.1, 0.15) is 0 Å². The van der Waals surface area contributed by atoms with Crippen molar-refractivity contribution in [1.82, 2.24) is 4.90 Å². The van der Waals surface area contributed by atoms with Crippen molar-refractivity contribution in [3.8, 4) is 0 Å². The van der Waals surface area contributed by atoms with Crippen LogP contribution in [0.25, 0.3) is 0 Å². The van der Waals surface area contributed by atoms with Gasteiger partial charge in [0, 0.05) is 19.6 Å². The first-order chi connectivity index (χ1) is 8.54. The summed E-state index contributed by atoms with van der Waals surface area (Å²) in [6.45, 7) is 7.66. The molecule has 1 N–H and O–H groups in total. The number of carboxylic acid groups (broad SMARTS) is 1. The third-order valence-corrected chi connectivity index (χ3v) is 3.52. The summed E-state index contributed by atoms with van der Waals surface area (Å²) in [7, 11) is 0. The maximum atomic E-state index is 10.9. The molecule has 0 aliphatic carbocycles. The number of likely N-dealkylation sites (tertiary alicyclic amines) is 1. The molecule has 1 saturated heterocycles. The van der Waals surface area contributed by atoms with Crippen molar-refractivity contribution in [2.45, 2.75) is 26.8 Å². The lowest BCUT2D eigenvalue weighted by molar-refractivity contribution is 0.0696. The van der Waals surface area contributed by atoms with E-state index in [9.17, 15) is 4.79 Å². The molecular weight excluding hydrogens is 226 g/mol. The van der Waals surface area contributed by atoms with Crippen LogP contribution >= 0.6 is 0 Å². The van der Waals surface area contributed by atoms with Crippen LogP contribution in [0.4, 0.5) is 0 Å². The van der Waals surface area contributed by atoms with Gasteiger partial charge in [-0.2, -0.15) is 0 Å². The van der Waals surface area contributed by atoms with Crippen molar-refractivity contribution in [3.05, 3.63) is 35.4 Å². The van der Waals surface area contributed by atoms with E-state index in [1.807, 2.05) is 12.1 Å². The summed E-state index contributed by atoms with van der Waals surface area (Å²) in [5.41, 5.74) is 1.47. The fourth-order valence-electron chi connectivity index (χ4n) is 2.98. The largest absolute Gasteiger partial charge is 0.478 e. The van der Waals surface area contributed by atoms with Crippen LogP contribution in [0.3, 0.4) is 0 Å². The number of benzene rings is 1. The van der Waals surface area contributed by atoms with E-state index in [4.69, 9.17) is 5.11 Å². The highest BCUT2D eigenvalue weighted by Crippen LogP contribution is 2.22. The third-order valence-electron chi connectivity index (χ3n) is 3.52. The number of nitrogens with zero attached hydrogens (tertiary/aromatic N) is 1.